The molecule has 0 unspecified atom stereocenters. The number of nitrogens with zero attached hydrogens (tertiary/aromatic N) is 4. The Morgan fingerprint density at radius 3 is 2.51 bits per heavy atom. The summed E-state index contributed by atoms with van der Waals surface area (Å²) in [5.41, 5.74) is 3.91. The molecule has 2 aromatic heterocycles. The van der Waals surface area contributed by atoms with Crippen LogP contribution in [-0.2, 0) is 17.9 Å². The fourth-order valence-electron chi connectivity index (χ4n) is 3.69. The highest BCUT2D eigenvalue weighted by Gasteiger charge is 2.17. The van der Waals surface area contributed by atoms with Crippen molar-refractivity contribution < 1.29 is 14.0 Å². The Morgan fingerprint density at radius 1 is 0.971 bits per heavy atom. The minimum Gasteiger partial charge on any atom is -0.289 e. The van der Waals surface area contributed by atoms with Crippen LogP contribution in [0.25, 0.3) is 21.7 Å². The summed E-state index contributed by atoms with van der Waals surface area (Å²) in [4.78, 5) is 54.6. The number of hydrogen-bond donors (Lipinski definition) is 2. The van der Waals surface area contributed by atoms with Crippen LogP contribution in [0.15, 0.2) is 58.4 Å². The maximum atomic E-state index is 13.5. The lowest BCUT2D eigenvalue weighted by Gasteiger charge is -2.12. The van der Waals surface area contributed by atoms with Crippen LogP contribution in [-0.4, -0.2) is 31.1 Å². The number of carbonyl (C=O) groups excluding carboxylic acids is 2. The Hall–Kier alpha value is -4.41. The highest BCUT2D eigenvalue weighted by atomic mass is 19.1. The van der Waals surface area contributed by atoms with Crippen LogP contribution >= 0.6 is 0 Å². The molecule has 11 heteroatoms. The highest BCUT2D eigenvalue weighted by molar-refractivity contribution is 6.05. The van der Waals surface area contributed by atoms with Crippen molar-refractivity contribution in [1.82, 2.24) is 30.2 Å². The summed E-state index contributed by atoms with van der Waals surface area (Å²) < 4.78 is 15.8. The Kier molecular flexibility index (Phi) is 6.95. The molecule has 10 nitrogen and oxygen atoms in total. The van der Waals surface area contributed by atoms with Gasteiger partial charge >= 0.3 is 0 Å². The molecule has 4 rings (SSSR count). The molecule has 2 aromatic carbocycles. The summed E-state index contributed by atoms with van der Waals surface area (Å²) >= 11 is 0. The molecule has 0 fully saturated rings. The molecule has 0 aliphatic heterocycles. The fraction of sp³-hybridized carbons (Fsp3) is 0.250. The number of amides is 2. The van der Waals surface area contributed by atoms with Gasteiger partial charge in [-0.3, -0.25) is 34.6 Å². The number of fused-ring (bicyclic) bond motifs is 2. The van der Waals surface area contributed by atoms with Crippen molar-refractivity contribution in [2.45, 2.75) is 39.3 Å². The van der Waals surface area contributed by atoms with Crippen molar-refractivity contribution in [2.24, 2.45) is 0 Å². The van der Waals surface area contributed by atoms with Crippen molar-refractivity contribution in [3.05, 3.63) is 81.0 Å². The van der Waals surface area contributed by atoms with E-state index in [-0.39, 0.29) is 16.6 Å². The summed E-state index contributed by atoms with van der Waals surface area (Å²) in [5, 5.41) is 4.96. The second-order valence-electron chi connectivity index (χ2n) is 7.97. The number of carbonyl (C=O) groups is 2. The van der Waals surface area contributed by atoms with Crippen LogP contribution in [0.1, 0.15) is 36.7 Å². The lowest BCUT2D eigenvalue weighted by Crippen LogP contribution is -2.45. The SMILES string of the molecule is CCCCCn1nc(C(=O)NNC(=O)Cn2cnc3ccc(F)cc3c2=O)c2ccccc2c1=O. The van der Waals surface area contributed by atoms with E-state index in [1.165, 1.54) is 23.1 Å². The average molecular weight is 478 g/mol. The number of aromatic nitrogens is 4. The van der Waals surface area contributed by atoms with Gasteiger partial charge in [-0.1, -0.05) is 38.0 Å². The van der Waals surface area contributed by atoms with E-state index in [0.717, 1.165) is 29.9 Å². The molecule has 35 heavy (non-hydrogen) atoms. The number of hydrazine groups is 1. The third-order valence-electron chi connectivity index (χ3n) is 5.47. The Bertz CT molecular complexity index is 1550. The average Bonchev–Trinajstić information content (AvgIpc) is 2.86. The molecule has 0 atom stereocenters. The summed E-state index contributed by atoms with van der Waals surface area (Å²) in [5.74, 6) is -2.02. The van der Waals surface area contributed by atoms with Gasteiger partial charge in [-0.2, -0.15) is 5.10 Å². The molecule has 0 bridgehead atoms. The number of benzene rings is 2. The lowest BCUT2D eigenvalue weighted by molar-refractivity contribution is -0.122. The van der Waals surface area contributed by atoms with Gasteiger partial charge in [-0.25, -0.2) is 14.1 Å². The molecule has 0 aliphatic carbocycles. The molecule has 2 amide bonds. The number of nitrogens with one attached hydrogen (secondary N) is 2. The van der Waals surface area contributed by atoms with Crippen molar-refractivity contribution in [1.29, 1.82) is 0 Å². The van der Waals surface area contributed by atoms with Crippen molar-refractivity contribution >= 4 is 33.5 Å². The zero-order valence-electron chi connectivity index (χ0n) is 19.0. The van der Waals surface area contributed by atoms with Crippen LogP contribution in [0.2, 0.25) is 0 Å². The number of hydrogen-bond acceptors (Lipinski definition) is 6. The number of aryl methyl sites for hydroxylation is 1. The summed E-state index contributed by atoms with van der Waals surface area (Å²) in [6.45, 7) is 1.95. The largest absolute Gasteiger partial charge is 0.290 e. The van der Waals surface area contributed by atoms with Crippen molar-refractivity contribution in [2.75, 3.05) is 0 Å². The predicted octanol–water partition coefficient (Wildman–Crippen LogP) is 1.90. The second kappa shape index (κ2) is 10.2. The van der Waals surface area contributed by atoms with E-state index < -0.39 is 29.7 Å². The third kappa shape index (κ3) is 5.08. The van der Waals surface area contributed by atoms with Gasteiger partial charge < -0.3 is 0 Å². The van der Waals surface area contributed by atoms with E-state index in [1.807, 2.05) is 6.92 Å². The van der Waals surface area contributed by atoms with Gasteiger partial charge in [0.25, 0.3) is 22.9 Å². The molecule has 2 heterocycles. The monoisotopic (exact) mass is 478 g/mol. The van der Waals surface area contributed by atoms with Gasteiger partial charge in [0.15, 0.2) is 5.69 Å². The summed E-state index contributed by atoms with van der Waals surface area (Å²) in [7, 11) is 0. The Labute approximate surface area is 198 Å². The number of halogens is 1. The summed E-state index contributed by atoms with van der Waals surface area (Å²) in [6, 6.07) is 10.2. The third-order valence-corrected chi connectivity index (χ3v) is 5.47. The van der Waals surface area contributed by atoms with Gasteiger partial charge in [0.1, 0.15) is 12.4 Å². The minimum atomic E-state index is -0.718. The van der Waals surface area contributed by atoms with Gasteiger partial charge in [0, 0.05) is 11.9 Å². The first kappa shape index (κ1) is 23.7. The van der Waals surface area contributed by atoms with Crippen LogP contribution in [0.5, 0.6) is 0 Å². The fourth-order valence-corrected chi connectivity index (χ4v) is 3.69. The molecule has 0 spiro atoms. The maximum Gasteiger partial charge on any atom is 0.290 e. The predicted molar refractivity (Wildman–Crippen MR) is 127 cm³/mol. The van der Waals surface area contributed by atoms with E-state index in [0.29, 0.717) is 22.8 Å². The second-order valence-corrected chi connectivity index (χ2v) is 7.97. The molecule has 0 saturated heterocycles. The van der Waals surface area contributed by atoms with Gasteiger partial charge in [0.2, 0.25) is 0 Å². The number of rotatable bonds is 7. The zero-order chi connectivity index (χ0) is 24.9. The molecular weight excluding hydrogens is 455 g/mol. The highest BCUT2D eigenvalue weighted by Crippen LogP contribution is 2.13. The zero-order valence-corrected chi connectivity index (χ0v) is 19.0. The van der Waals surface area contributed by atoms with Gasteiger partial charge in [-0.05, 0) is 30.7 Å². The maximum absolute atomic E-state index is 13.5. The topological polar surface area (TPSA) is 128 Å². The van der Waals surface area contributed by atoms with Crippen LogP contribution in [0.3, 0.4) is 0 Å². The van der Waals surface area contributed by atoms with E-state index in [9.17, 15) is 23.6 Å². The van der Waals surface area contributed by atoms with E-state index in [2.05, 4.69) is 20.9 Å². The smallest absolute Gasteiger partial charge is 0.289 e. The Morgan fingerprint density at radius 2 is 1.74 bits per heavy atom. The van der Waals surface area contributed by atoms with E-state index >= 15 is 0 Å². The standard InChI is InChI=1S/C24H23FN6O4/c1-2-3-6-11-31-24(35)17-8-5-4-7-16(17)21(29-31)22(33)28-27-20(32)13-30-14-26-19-10-9-15(25)12-18(19)23(30)34/h4-5,7-10,12,14H,2-3,6,11,13H2,1H3,(H,27,32)(H,28,33). The minimum absolute atomic E-state index is 0.0167. The van der Waals surface area contributed by atoms with Crippen molar-refractivity contribution in [3.63, 3.8) is 0 Å². The molecular formula is C24H23FN6O4. The molecule has 0 aliphatic rings. The van der Waals surface area contributed by atoms with E-state index in [1.54, 1.807) is 24.3 Å². The molecule has 0 radical (unpaired) electrons. The molecule has 180 valence electrons. The first-order chi connectivity index (χ1) is 16.9. The summed E-state index contributed by atoms with van der Waals surface area (Å²) in [6.07, 6.45) is 3.78. The number of unbranched alkanes of at least 4 members (excludes halogenated alkanes) is 2. The van der Waals surface area contributed by atoms with Crippen LogP contribution < -0.4 is 22.0 Å². The van der Waals surface area contributed by atoms with Gasteiger partial charge in [0.05, 0.1) is 22.6 Å². The van der Waals surface area contributed by atoms with Crippen LogP contribution in [0.4, 0.5) is 4.39 Å². The van der Waals surface area contributed by atoms with Crippen molar-refractivity contribution in [3.8, 4) is 0 Å². The molecule has 2 N–H and O–H groups in total. The first-order valence-electron chi connectivity index (χ1n) is 11.1. The van der Waals surface area contributed by atoms with Gasteiger partial charge in [-0.15, -0.1) is 0 Å². The molecule has 0 saturated carbocycles. The first-order valence-corrected chi connectivity index (χ1v) is 11.1. The Balaban J connectivity index is 1.52. The van der Waals surface area contributed by atoms with Crippen LogP contribution in [0, 0.1) is 5.82 Å². The quantitative estimate of drug-likeness (QED) is 0.308. The normalized spacial score (nSPS) is 11.0. The molecule has 4 aromatic rings. The van der Waals surface area contributed by atoms with E-state index in [4.69, 9.17) is 0 Å². The lowest BCUT2D eigenvalue weighted by atomic mass is 10.1.